The summed E-state index contributed by atoms with van der Waals surface area (Å²) in [6, 6.07) is 13.4. The second kappa shape index (κ2) is 6.06. The molecule has 98 valence electrons. The van der Waals surface area contributed by atoms with Gasteiger partial charge in [0, 0.05) is 14.9 Å². The van der Waals surface area contributed by atoms with Crippen molar-refractivity contribution in [2.45, 2.75) is 13.8 Å². The number of aryl methyl sites for hydroxylation is 2. The molecule has 0 aliphatic heterocycles. The SMILES string of the molecule is Cc1cccc(NC(=O)Nc2ccc(I)cc2C)c1. The van der Waals surface area contributed by atoms with Crippen LogP contribution in [0.4, 0.5) is 16.2 Å². The van der Waals surface area contributed by atoms with Gasteiger partial charge in [0.05, 0.1) is 0 Å². The van der Waals surface area contributed by atoms with E-state index in [9.17, 15) is 4.79 Å². The maximum Gasteiger partial charge on any atom is 0.323 e. The fourth-order valence-electron chi connectivity index (χ4n) is 1.77. The molecule has 2 aromatic carbocycles. The third-order valence-corrected chi connectivity index (χ3v) is 3.38. The highest BCUT2D eigenvalue weighted by Gasteiger charge is 2.05. The smallest absolute Gasteiger partial charge is 0.308 e. The van der Waals surface area contributed by atoms with E-state index >= 15 is 0 Å². The molecule has 4 heteroatoms. The topological polar surface area (TPSA) is 41.1 Å². The molecule has 0 atom stereocenters. The van der Waals surface area contributed by atoms with Gasteiger partial charge >= 0.3 is 6.03 Å². The molecule has 3 nitrogen and oxygen atoms in total. The number of hydrogen-bond donors (Lipinski definition) is 2. The number of hydrogen-bond acceptors (Lipinski definition) is 1. The van der Waals surface area contributed by atoms with Gasteiger partial charge < -0.3 is 10.6 Å². The van der Waals surface area contributed by atoms with Crippen molar-refractivity contribution in [2.75, 3.05) is 10.6 Å². The minimum Gasteiger partial charge on any atom is -0.308 e. The second-order valence-electron chi connectivity index (χ2n) is 4.41. The summed E-state index contributed by atoms with van der Waals surface area (Å²) < 4.78 is 1.15. The van der Waals surface area contributed by atoms with Crippen LogP contribution in [0, 0.1) is 17.4 Å². The van der Waals surface area contributed by atoms with Gasteiger partial charge in [-0.1, -0.05) is 12.1 Å². The van der Waals surface area contributed by atoms with Gasteiger partial charge in [-0.25, -0.2) is 4.79 Å². The largest absolute Gasteiger partial charge is 0.323 e. The number of urea groups is 1. The lowest BCUT2D eigenvalue weighted by molar-refractivity contribution is 0.262. The van der Waals surface area contributed by atoms with E-state index in [0.717, 1.165) is 26.1 Å². The highest BCUT2D eigenvalue weighted by atomic mass is 127. The molecule has 0 saturated heterocycles. The fraction of sp³-hybridized carbons (Fsp3) is 0.133. The van der Waals surface area contributed by atoms with Gasteiger partial charge in [0.2, 0.25) is 0 Å². The van der Waals surface area contributed by atoms with Gasteiger partial charge in [-0.3, -0.25) is 0 Å². The minimum absolute atomic E-state index is 0.227. The van der Waals surface area contributed by atoms with Gasteiger partial charge in [0.25, 0.3) is 0 Å². The maximum absolute atomic E-state index is 11.9. The van der Waals surface area contributed by atoms with Crippen molar-refractivity contribution in [1.82, 2.24) is 0 Å². The van der Waals surface area contributed by atoms with Crippen LogP contribution in [-0.4, -0.2) is 6.03 Å². The minimum atomic E-state index is -0.227. The Balaban J connectivity index is 2.05. The van der Waals surface area contributed by atoms with Crippen molar-refractivity contribution in [1.29, 1.82) is 0 Å². The van der Waals surface area contributed by atoms with Crippen LogP contribution in [0.25, 0.3) is 0 Å². The molecule has 0 heterocycles. The third-order valence-electron chi connectivity index (χ3n) is 2.71. The molecule has 2 N–H and O–H groups in total. The molecule has 0 bridgehead atoms. The molecule has 2 rings (SSSR count). The lowest BCUT2D eigenvalue weighted by Gasteiger charge is -2.10. The van der Waals surface area contributed by atoms with Crippen LogP contribution < -0.4 is 10.6 Å². The van der Waals surface area contributed by atoms with Crippen molar-refractivity contribution >= 4 is 40.0 Å². The van der Waals surface area contributed by atoms with Crippen LogP contribution in [0.5, 0.6) is 0 Å². The first-order valence-corrected chi connectivity index (χ1v) is 7.03. The first-order chi connectivity index (χ1) is 9.04. The Bertz CT molecular complexity index is 611. The Labute approximate surface area is 126 Å². The van der Waals surface area contributed by atoms with E-state index in [2.05, 4.69) is 33.2 Å². The molecule has 0 unspecified atom stereocenters. The zero-order chi connectivity index (χ0) is 13.8. The molecule has 0 radical (unpaired) electrons. The fourth-order valence-corrected chi connectivity index (χ4v) is 2.42. The monoisotopic (exact) mass is 366 g/mol. The number of nitrogens with one attached hydrogen (secondary N) is 2. The number of anilines is 2. The molecular weight excluding hydrogens is 351 g/mol. The number of halogens is 1. The lowest BCUT2D eigenvalue weighted by atomic mass is 10.2. The number of rotatable bonds is 2. The Morgan fingerprint density at radius 2 is 1.84 bits per heavy atom. The van der Waals surface area contributed by atoms with Crippen LogP contribution in [0.1, 0.15) is 11.1 Å². The third kappa shape index (κ3) is 3.96. The summed E-state index contributed by atoms with van der Waals surface area (Å²) in [5, 5.41) is 5.67. The van der Waals surface area contributed by atoms with E-state index in [1.165, 1.54) is 0 Å². The van der Waals surface area contributed by atoms with Gasteiger partial charge in [-0.2, -0.15) is 0 Å². The van der Waals surface area contributed by atoms with Gasteiger partial charge in [0.1, 0.15) is 0 Å². The van der Waals surface area contributed by atoms with E-state index in [-0.39, 0.29) is 6.03 Å². The first-order valence-electron chi connectivity index (χ1n) is 5.95. The van der Waals surface area contributed by atoms with Gasteiger partial charge in [0.15, 0.2) is 0 Å². The molecule has 0 spiro atoms. The number of carbonyl (C=O) groups excluding carboxylic acids is 1. The van der Waals surface area contributed by atoms with Crippen molar-refractivity contribution < 1.29 is 4.79 Å². The predicted molar refractivity (Wildman–Crippen MR) is 87.7 cm³/mol. The van der Waals surface area contributed by atoms with Crippen LogP contribution in [0.3, 0.4) is 0 Å². The summed E-state index contributed by atoms with van der Waals surface area (Å²) in [4.78, 5) is 11.9. The highest BCUT2D eigenvalue weighted by Crippen LogP contribution is 2.18. The van der Waals surface area contributed by atoms with Gasteiger partial charge in [-0.15, -0.1) is 0 Å². The molecule has 0 fully saturated rings. The van der Waals surface area contributed by atoms with Crippen molar-refractivity contribution in [2.24, 2.45) is 0 Å². The molecule has 0 aromatic heterocycles. The number of benzene rings is 2. The molecule has 2 amide bonds. The predicted octanol–water partition coefficient (Wildman–Crippen LogP) is 4.55. The van der Waals surface area contributed by atoms with Crippen molar-refractivity contribution in [3.05, 3.63) is 57.2 Å². The van der Waals surface area contributed by atoms with E-state index in [0.29, 0.717) is 0 Å². The van der Waals surface area contributed by atoms with Crippen LogP contribution in [0.15, 0.2) is 42.5 Å². The van der Waals surface area contributed by atoms with E-state index < -0.39 is 0 Å². The molecular formula is C15H15IN2O. The summed E-state index contributed by atoms with van der Waals surface area (Å²) in [6.07, 6.45) is 0. The summed E-state index contributed by atoms with van der Waals surface area (Å²) in [5.74, 6) is 0. The zero-order valence-corrected chi connectivity index (χ0v) is 13.0. The summed E-state index contributed by atoms with van der Waals surface area (Å²) >= 11 is 2.25. The molecule has 2 aromatic rings. The second-order valence-corrected chi connectivity index (χ2v) is 5.65. The van der Waals surface area contributed by atoms with Crippen LogP contribution in [-0.2, 0) is 0 Å². The quantitative estimate of drug-likeness (QED) is 0.753. The molecule has 0 aliphatic rings. The Morgan fingerprint density at radius 3 is 2.53 bits per heavy atom. The lowest BCUT2D eigenvalue weighted by Crippen LogP contribution is -2.20. The molecule has 19 heavy (non-hydrogen) atoms. The Morgan fingerprint density at radius 1 is 1.05 bits per heavy atom. The Kier molecular flexibility index (Phi) is 4.42. The van der Waals surface area contributed by atoms with Crippen molar-refractivity contribution in [3.63, 3.8) is 0 Å². The normalized spacial score (nSPS) is 10.1. The van der Waals surface area contributed by atoms with E-state index in [1.54, 1.807) is 0 Å². The average molecular weight is 366 g/mol. The number of amides is 2. The van der Waals surface area contributed by atoms with Gasteiger partial charge in [-0.05, 0) is 77.9 Å². The Hall–Kier alpha value is -1.56. The molecule has 0 saturated carbocycles. The first kappa shape index (κ1) is 13.9. The zero-order valence-electron chi connectivity index (χ0n) is 10.8. The maximum atomic E-state index is 11.9. The van der Waals surface area contributed by atoms with Crippen LogP contribution in [0.2, 0.25) is 0 Å². The summed E-state index contributed by atoms with van der Waals surface area (Å²) in [5.41, 5.74) is 3.78. The highest BCUT2D eigenvalue weighted by molar-refractivity contribution is 14.1. The van der Waals surface area contributed by atoms with Crippen molar-refractivity contribution in [3.8, 4) is 0 Å². The van der Waals surface area contributed by atoms with E-state index in [4.69, 9.17) is 0 Å². The molecule has 0 aliphatic carbocycles. The number of carbonyl (C=O) groups is 1. The standard InChI is InChI=1S/C15H15IN2O/c1-10-4-3-5-13(8-10)17-15(19)18-14-7-6-12(16)9-11(14)2/h3-9H,1-2H3,(H2,17,18,19). The van der Waals surface area contributed by atoms with Crippen LogP contribution >= 0.6 is 22.6 Å². The van der Waals surface area contributed by atoms with E-state index in [1.807, 2.05) is 56.3 Å². The average Bonchev–Trinajstić information content (AvgIpc) is 2.33. The summed E-state index contributed by atoms with van der Waals surface area (Å²) in [7, 11) is 0. The summed E-state index contributed by atoms with van der Waals surface area (Å²) in [6.45, 7) is 3.97.